The average Bonchev–Trinajstić information content (AvgIpc) is 3.88. The SMILES string of the molecule is CCCCCCCCCCCCCCCC(=O)N(C)[C@H](CO)C(=O)N[C@H](C)C(=O)CCC(=O)N(C)[C@@H]1C(=O)C[C@@H](C)C(=O)N[C@H](C(=O)NCC(=O)N2CCCC2C(N)=O)Cc2ccc(O)c(c2)-c2cc1ccc2O. The van der Waals surface area contributed by atoms with Crippen molar-refractivity contribution in [2.24, 2.45) is 11.7 Å². The number of aromatic hydroxyl groups is 2. The van der Waals surface area contributed by atoms with Gasteiger partial charge >= 0.3 is 0 Å². The Bertz CT molecular complexity index is 2290. The van der Waals surface area contributed by atoms with Gasteiger partial charge in [0.1, 0.15) is 35.7 Å². The molecular weight excluding hydrogens is 951 g/mol. The number of unbranched alkanes of at least 4 members (excludes halogenated alkanes) is 12. The molecule has 8 N–H and O–H groups in total. The Morgan fingerprint density at radius 3 is 2.00 bits per heavy atom. The van der Waals surface area contributed by atoms with Crippen molar-refractivity contribution < 1.29 is 58.5 Å². The molecule has 2 aliphatic rings. The van der Waals surface area contributed by atoms with Crippen molar-refractivity contribution in [3.8, 4) is 22.6 Å². The molecule has 2 aromatic rings. The Labute approximate surface area is 435 Å². The zero-order chi connectivity index (χ0) is 54.5. The molecule has 1 unspecified atom stereocenters. The van der Waals surface area contributed by atoms with E-state index in [1.807, 2.05) is 0 Å². The van der Waals surface area contributed by atoms with Crippen LogP contribution in [0.3, 0.4) is 0 Å². The van der Waals surface area contributed by atoms with Gasteiger partial charge in [0.25, 0.3) is 0 Å². The third-order valence-electron chi connectivity index (χ3n) is 14.4. The lowest BCUT2D eigenvalue weighted by atomic mass is 9.89. The van der Waals surface area contributed by atoms with Gasteiger partial charge in [-0.25, -0.2) is 0 Å². The number of phenols is 2. The van der Waals surface area contributed by atoms with Crippen molar-refractivity contribution in [3.05, 3.63) is 47.5 Å². The van der Waals surface area contributed by atoms with Crippen LogP contribution in [-0.4, -0.2) is 141 Å². The summed E-state index contributed by atoms with van der Waals surface area (Å²) in [5, 5.41) is 40.1. The molecule has 2 heterocycles. The summed E-state index contributed by atoms with van der Waals surface area (Å²) in [5.74, 6) is -7.07. The summed E-state index contributed by atoms with van der Waals surface area (Å²) in [6, 6.07) is 2.71. The minimum absolute atomic E-state index is 0.0868. The van der Waals surface area contributed by atoms with E-state index in [4.69, 9.17) is 5.73 Å². The Kier molecular flexibility index (Phi) is 24.5. The first kappa shape index (κ1) is 60.2. The number of rotatable bonds is 27. The quantitative estimate of drug-likeness (QED) is 0.0603. The van der Waals surface area contributed by atoms with Crippen molar-refractivity contribution in [3.63, 3.8) is 0 Å². The Balaban J connectivity index is 1.38. The second-order valence-corrected chi connectivity index (χ2v) is 20.1. The van der Waals surface area contributed by atoms with E-state index >= 15 is 0 Å². The number of aliphatic hydroxyl groups is 1. The van der Waals surface area contributed by atoms with E-state index < -0.39 is 109 Å². The van der Waals surface area contributed by atoms with E-state index in [9.17, 15) is 58.5 Å². The fraction of sp³-hybridized carbons (Fsp3) is 0.618. The first-order valence-electron chi connectivity index (χ1n) is 26.6. The highest BCUT2D eigenvalue weighted by Gasteiger charge is 2.36. The van der Waals surface area contributed by atoms with Crippen LogP contribution < -0.4 is 21.7 Å². The third-order valence-corrected chi connectivity index (χ3v) is 14.4. The highest BCUT2D eigenvalue weighted by molar-refractivity contribution is 5.97. The van der Waals surface area contributed by atoms with Gasteiger partial charge in [-0.2, -0.15) is 0 Å². The van der Waals surface area contributed by atoms with Crippen molar-refractivity contribution in [1.82, 2.24) is 30.7 Å². The van der Waals surface area contributed by atoms with Crippen LogP contribution in [0.25, 0.3) is 11.1 Å². The zero-order valence-electron chi connectivity index (χ0n) is 44.1. The number of primary amides is 1. The van der Waals surface area contributed by atoms with E-state index in [-0.39, 0.29) is 59.9 Å². The van der Waals surface area contributed by atoms with Crippen LogP contribution in [-0.2, 0) is 49.6 Å². The molecule has 19 heteroatoms. The lowest BCUT2D eigenvalue weighted by molar-refractivity contribution is -0.142. The molecule has 4 bridgehead atoms. The molecule has 2 aromatic carbocycles. The van der Waals surface area contributed by atoms with Gasteiger partial charge < -0.3 is 51.7 Å². The predicted octanol–water partition coefficient (Wildman–Crippen LogP) is 4.65. The molecule has 0 aliphatic carbocycles. The number of nitrogens with zero attached hydrogens (tertiary/aromatic N) is 3. The molecule has 4 rings (SSSR count). The maximum absolute atomic E-state index is 14.3. The number of nitrogens with one attached hydrogen (secondary N) is 3. The summed E-state index contributed by atoms with van der Waals surface area (Å²) in [7, 11) is 2.79. The maximum atomic E-state index is 14.3. The lowest BCUT2D eigenvalue weighted by Gasteiger charge is -2.30. The van der Waals surface area contributed by atoms with E-state index in [0.29, 0.717) is 24.8 Å². The van der Waals surface area contributed by atoms with Gasteiger partial charge in [0.2, 0.25) is 41.4 Å². The summed E-state index contributed by atoms with van der Waals surface area (Å²) in [6.45, 7) is 4.24. The van der Waals surface area contributed by atoms with Crippen LogP contribution in [0, 0.1) is 5.92 Å². The predicted molar refractivity (Wildman–Crippen MR) is 278 cm³/mol. The van der Waals surface area contributed by atoms with Crippen LogP contribution in [0.1, 0.15) is 160 Å². The summed E-state index contributed by atoms with van der Waals surface area (Å²) in [6.07, 6.45) is 14.9. The number of nitrogens with two attached hydrogens (primary N) is 1. The highest BCUT2D eigenvalue weighted by atomic mass is 16.3. The molecule has 0 spiro atoms. The average molecular weight is 1030 g/mol. The van der Waals surface area contributed by atoms with E-state index in [1.54, 1.807) is 0 Å². The maximum Gasteiger partial charge on any atom is 0.245 e. The summed E-state index contributed by atoms with van der Waals surface area (Å²) < 4.78 is 0. The number of ketones is 2. The number of carbonyl (C=O) groups excluding carboxylic acids is 9. The fourth-order valence-corrected chi connectivity index (χ4v) is 9.69. The number of amides is 7. The number of fused-ring (bicyclic) bond motifs is 5. The molecule has 19 nitrogen and oxygen atoms in total. The molecule has 0 radical (unpaired) electrons. The second kappa shape index (κ2) is 30.1. The number of benzene rings is 2. The standard InChI is InChI=1S/C55H81N7O12/c1-6-7-8-9-10-11-12-13-14-15-16-17-18-21-48(68)60(4)43(34-63)55(74)58-36(3)44(64)26-27-49(69)61(5)51-38-23-25-46(66)40(32-38)39-30-37(22-24-45(39)65)31-41(59-53(72)35(2)29-47(51)67)54(73)57-33-50(70)62-28-19-20-42(62)52(56)71/h22-25,30,32,35-36,41-43,51,63,65-66H,6-21,26-29,31,33-34H2,1-5H3,(H2,56,71)(H,57,73)(H,58,74)(H,59,72)/t35-,36-,41+,42?,43-,51+/m1/s1. The first-order valence-corrected chi connectivity index (χ1v) is 26.6. The van der Waals surface area contributed by atoms with Gasteiger partial charge in [-0.15, -0.1) is 0 Å². The molecule has 0 aromatic heterocycles. The van der Waals surface area contributed by atoms with Gasteiger partial charge in [-0.3, -0.25) is 43.2 Å². The minimum Gasteiger partial charge on any atom is -0.507 e. The number of hydrogen-bond acceptors (Lipinski definition) is 12. The number of hydrogen-bond donors (Lipinski definition) is 7. The molecule has 6 atom stereocenters. The van der Waals surface area contributed by atoms with Crippen LogP contribution in [0.2, 0.25) is 0 Å². The van der Waals surface area contributed by atoms with Gasteiger partial charge in [-0.05, 0) is 61.6 Å². The van der Waals surface area contributed by atoms with Gasteiger partial charge in [0.05, 0.1) is 19.2 Å². The number of phenolic OH excluding ortho intramolecular Hbond substituents is 2. The van der Waals surface area contributed by atoms with Crippen molar-refractivity contribution in [2.75, 3.05) is 33.8 Å². The summed E-state index contributed by atoms with van der Waals surface area (Å²) >= 11 is 0. The number of likely N-dealkylation sites (tertiary alicyclic amines) is 1. The van der Waals surface area contributed by atoms with Crippen molar-refractivity contribution in [2.45, 2.75) is 179 Å². The Morgan fingerprint density at radius 2 is 1.39 bits per heavy atom. The van der Waals surface area contributed by atoms with Crippen LogP contribution >= 0.6 is 0 Å². The van der Waals surface area contributed by atoms with Gasteiger partial charge in [0.15, 0.2) is 11.6 Å². The smallest absolute Gasteiger partial charge is 0.245 e. The molecule has 1 saturated heterocycles. The number of carbonyl (C=O) groups is 9. The molecule has 2 aliphatic heterocycles. The molecule has 408 valence electrons. The second-order valence-electron chi connectivity index (χ2n) is 20.1. The Hall–Kier alpha value is -6.37. The molecule has 7 amide bonds. The molecule has 74 heavy (non-hydrogen) atoms. The number of aliphatic hydroxyl groups excluding tert-OH is 1. The van der Waals surface area contributed by atoms with E-state index in [1.165, 1.54) is 132 Å². The van der Waals surface area contributed by atoms with E-state index in [0.717, 1.165) is 24.2 Å². The minimum atomic E-state index is -1.37. The van der Waals surface area contributed by atoms with Crippen LogP contribution in [0.15, 0.2) is 36.4 Å². The van der Waals surface area contributed by atoms with Gasteiger partial charge in [0, 0.05) is 69.8 Å². The highest BCUT2D eigenvalue weighted by Crippen LogP contribution is 2.39. The number of Topliss-reactive ketones (excluding diaryl/α,β-unsaturated/α-hetero) is 2. The topological polar surface area (TPSA) is 286 Å². The van der Waals surface area contributed by atoms with Crippen LogP contribution in [0.4, 0.5) is 0 Å². The van der Waals surface area contributed by atoms with Crippen LogP contribution in [0.5, 0.6) is 11.5 Å². The zero-order valence-corrected chi connectivity index (χ0v) is 44.1. The number of likely N-dealkylation sites (N-methyl/N-ethyl adjacent to an activating group) is 2. The summed E-state index contributed by atoms with van der Waals surface area (Å²) in [5.41, 5.74) is 6.33. The Morgan fingerprint density at radius 1 is 0.797 bits per heavy atom. The molecular formula is C55H81N7O12. The first-order chi connectivity index (χ1) is 35.3. The monoisotopic (exact) mass is 1030 g/mol. The van der Waals surface area contributed by atoms with Crippen molar-refractivity contribution in [1.29, 1.82) is 0 Å². The van der Waals surface area contributed by atoms with Gasteiger partial charge in [-0.1, -0.05) is 103 Å². The largest absolute Gasteiger partial charge is 0.507 e. The third kappa shape index (κ3) is 17.6. The van der Waals surface area contributed by atoms with Crippen molar-refractivity contribution >= 4 is 52.9 Å². The lowest BCUT2D eigenvalue weighted by Crippen LogP contribution is -2.53. The van der Waals surface area contributed by atoms with E-state index in [2.05, 4.69) is 22.9 Å². The normalized spacial score (nSPS) is 18.6. The molecule has 1 fully saturated rings. The molecule has 0 saturated carbocycles. The summed E-state index contributed by atoms with van der Waals surface area (Å²) in [4.78, 5) is 124. The fourth-order valence-electron chi connectivity index (χ4n) is 9.69.